The van der Waals surface area contributed by atoms with Crippen molar-refractivity contribution in [2.75, 3.05) is 25.4 Å². The van der Waals surface area contributed by atoms with Crippen LogP contribution in [-0.4, -0.2) is 44.0 Å². The molecule has 112 valence electrons. The second-order valence-corrected chi connectivity index (χ2v) is 7.17. The molecule has 1 heterocycles. The number of amides is 1. The Hall–Kier alpha value is -0.620. The molecule has 1 aliphatic heterocycles. The Kier molecular flexibility index (Phi) is 6.79. The fourth-order valence-corrected chi connectivity index (χ4v) is 4.00. The topological polar surface area (TPSA) is 66.5 Å². The molecule has 0 bridgehead atoms. The highest BCUT2D eigenvalue weighted by atomic mass is 32.2. The average Bonchev–Trinajstić information content (AvgIpc) is 2.37. The van der Waals surface area contributed by atoms with E-state index in [0.717, 1.165) is 25.7 Å². The first-order valence-electron chi connectivity index (χ1n) is 7.26. The number of carbonyl (C=O) groups excluding carboxylic acids is 1. The third kappa shape index (κ3) is 5.10. The first-order valence-corrected chi connectivity index (χ1v) is 8.87. The van der Waals surface area contributed by atoms with Crippen LogP contribution in [0.2, 0.25) is 0 Å². The van der Waals surface area contributed by atoms with Crippen molar-refractivity contribution in [1.82, 2.24) is 9.62 Å². The summed E-state index contributed by atoms with van der Waals surface area (Å²) in [6.45, 7) is 5.72. The number of nitrogens with zero attached hydrogens (tertiary/aromatic N) is 1. The van der Waals surface area contributed by atoms with E-state index in [1.807, 2.05) is 13.8 Å². The Morgan fingerprint density at radius 2 is 1.95 bits per heavy atom. The smallest absolute Gasteiger partial charge is 0.223 e. The second-order valence-electron chi connectivity index (χ2n) is 5.08. The minimum atomic E-state index is -3.03. The minimum absolute atomic E-state index is 0.0821. The van der Waals surface area contributed by atoms with Crippen LogP contribution in [0.1, 0.15) is 46.0 Å². The lowest BCUT2D eigenvalue weighted by Crippen LogP contribution is -2.40. The van der Waals surface area contributed by atoms with E-state index in [-0.39, 0.29) is 17.6 Å². The summed E-state index contributed by atoms with van der Waals surface area (Å²) < 4.78 is 25.1. The van der Waals surface area contributed by atoms with Crippen LogP contribution < -0.4 is 5.32 Å². The fourth-order valence-electron chi connectivity index (χ4n) is 2.36. The van der Waals surface area contributed by atoms with E-state index in [2.05, 4.69) is 5.32 Å². The van der Waals surface area contributed by atoms with Gasteiger partial charge in [0, 0.05) is 25.6 Å². The van der Waals surface area contributed by atoms with Crippen molar-refractivity contribution in [2.45, 2.75) is 46.0 Å². The summed E-state index contributed by atoms with van der Waals surface area (Å²) in [5, 5.41) is 2.89. The summed E-state index contributed by atoms with van der Waals surface area (Å²) in [5.74, 6) is 0.442. The van der Waals surface area contributed by atoms with Crippen LogP contribution in [0.15, 0.2) is 0 Å². The van der Waals surface area contributed by atoms with Gasteiger partial charge >= 0.3 is 0 Å². The van der Waals surface area contributed by atoms with E-state index in [0.29, 0.717) is 26.1 Å². The van der Waals surface area contributed by atoms with Gasteiger partial charge < -0.3 is 5.32 Å². The van der Waals surface area contributed by atoms with Crippen LogP contribution in [0, 0.1) is 5.92 Å². The summed E-state index contributed by atoms with van der Waals surface area (Å²) >= 11 is 0. The van der Waals surface area contributed by atoms with Crippen LogP contribution in [-0.2, 0) is 14.8 Å². The van der Waals surface area contributed by atoms with Gasteiger partial charge in [0.2, 0.25) is 15.9 Å². The van der Waals surface area contributed by atoms with E-state index >= 15 is 0 Å². The molecule has 1 saturated heterocycles. The summed E-state index contributed by atoms with van der Waals surface area (Å²) in [7, 11) is -3.03. The molecular formula is C13H26N2O3S. The summed E-state index contributed by atoms with van der Waals surface area (Å²) in [4.78, 5) is 11.7. The Morgan fingerprint density at radius 1 is 1.26 bits per heavy atom. The molecule has 1 fully saturated rings. The maximum atomic E-state index is 11.7. The van der Waals surface area contributed by atoms with Crippen molar-refractivity contribution >= 4 is 15.9 Å². The number of hydrogen-bond acceptors (Lipinski definition) is 3. The molecular weight excluding hydrogens is 264 g/mol. The van der Waals surface area contributed by atoms with Crippen LogP contribution in [0.4, 0.5) is 0 Å². The zero-order chi connectivity index (χ0) is 14.3. The van der Waals surface area contributed by atoms with Crippen molar-refractivity contribution in [3.63, 3.8) is 0 Å². The summed E-state index contributed by atoms with van der Waals surface area (Å²) in [6.07, 6.45) is 4.10. The quantitative estimate of drug-likeness (QED) is 0.720. The molecule has 1 rings (SSSR count). The molecule has 0 aliphatic carbocycles. The molecule has 1 amide bonds. The van der Waals surface area contributed by atoms with Gasteiger partial charge in [-0.15, -0.1) is 0 Å². The first-order chi connectivity index (χ1) is 9.01. The lowest BCUT2D eigenvalue weighted by molar-refractivity contribution is -0.125. The Bertz CT molecular complexity index is 377. The van der Waals surface area contributed by atoms with Gasteiger partial charge in [-0.2, -0.15) is 0 Å². The largest absolute Gasteiger partial charge is 0.356 e. The van der Waals surface area contributed by atoms with Crippen LogP contribution in [0.25, 0.3) is 0 Å². The molecule has 5 nitrogen and oxygen atoms in total. The van der Waals surface area contributed by atoms with Crippen molar-refractivity contribution in [2.24, 2.45) is 5.92 Å². The third-order valence-electron chi connectivity index (χ3n) is 3.69. The lowest BCUT2D eigenvalue weighted by Gasteiger charge is -2.26. The Labute approximate surface area is 116 Å². The van der Waals surface area contributed by atoms with Gasteiger partial charge in [0.15, 0.2) is 0 Å². The molecule has 0 aromatic carbocycles. The standard InChI is InChI=1S/C13H26N2O3S/c1-3-12(4-2)13(16)14-8-7-10-15-9-5-6-11-19(15,17)18/h12H,3-11H2,1-2H3,(H,14,16). The highest BCUT2D eigenvalue weighted by molar-refractivity contribution is 7.89. The zero-order valence-electron chi connectivity index (χ0n) is 12.0. The summed E-state index contributed by atoms with van der Waals surface area (Å²) in [6, 6.07) is 0. The predicted octanol–water partition coefficient (Wildman–Crippen LogP) is 1.35. The van der Waals surface area contributed by atoms with Gasteiger partial charge in [0.25, 0.3) is 0 Å². The molecule has 0 aromatic heterocycles. The monoisotopic (exact) mass is 290 g/mol. The number of hydrogen-bond donors (Lipinski definition) is 1. The van der Waals surface area contributed by atoms with Crippen LogP contribution >= 0.6 is 0 Å². The third-order valence-corrected chi connectivity index (χ3v) is 5.65. The first kappa shape index (κ1) is 16.4. The van der Waals surface area contributed by atoms with Gasteiger partial charge in [-0.05, 0) is 32.1 Å². The molecule has 1 aliphatic rings. The number of nitrogens with one attached hydrogen (secondary N) is 1. The average molecular weight is 290 g/mol. The Balaban J connectivity index is 2.25. The highest BCUT2D eigenvalue weighted by Gasteiger charge is 2.24. The van der Waals surface area contributed by atoms with Crippen molar-refractivity contribution in [3.8, 4) is 0 Å². The minimum Gasteiger partial charge on any atom is -0.356 e. The molecule has 0 spiro atoms. The second kappa shape index (κ2) is 7.85. The number of sulfonamides is 1. The molecule has 0 aromatic rings. The van der Waals surface area contributed by atoms with E-state index < -0.39 is 10.0 Å². The van der Waals surface area contributed by atoms with Gasteiger partial charge in [-0.1, -0.05) is 13.8 Å². The fraction of sp³-hybridized carbons (Fsp3) is 0.923. The van der Waals surface area contributed by atoms with E-state index in [9.17, 15) is 13.2 Å². The van der Waals surface area contributed by atoms with Crippen LogP contribution in [0.5, 0.6) is 0 Å². The molecule has 0 unspecified atom stereocenters. The van der Waals surface area contributed by atoms with E-state index in [4.69, 9.17) is 0 Å². The van der Waals surface area contributed by atoms with Crippen LogP contribution in [0.3, 0.4) is 0 Å². The maximum absolute atomic E-state index is 11.7. The molecule has 19 heavy (non-hydrogen) atoms. The molecule has 6 heteroatoms. The molecule has 0 radical (unpaired) electrons. The number of carbonyl (C=O) groups is 1. The normalized spacial score (nSPS) is 19.5. The molecule has 1 N–H and O–H groups in total. The van der Waals surface area contributed by atoms with Gasteiger partial charge in [-0.25, -0.2) is 12.7 Å². The highest BCUT2D eigenvalue weighted by Crippen LogP contribution is 2.13. The SMILES string of the molecule is CCC(CC)C(=O)NCCCN1CCCCS1(=O)=O. The van der Waals surface area contributed by atoms with Crippen molar-refractivity contribution < 1.29 is 13.2 Å². The predicted molar refractivity (Wildman–Crippen MR) is 76.3 cm³/mol. The van der Waals surface area contributed by atoms with Crippen molar-refractivity contribution in [3.05, 3.63) is 0 Å². The van der Waals surface area contributed by atoms with Gasteiger partial charge in [0.05, 0.1) is 5.75 Å². The Morgan fingerprint density at radius 3 is 2.53 bits per heavy atom. The molecule has 0 saturated carbocycles. The van der Waals surface area contributed by atoms with E-state index in [1.54, 1.807) is 4.31 Å². The zero-order valence-corrected chi connectivity index (χ0v) is 12.8. The van der Waals surface area contributed by atoms with E-state index in [1.165, 1.54) is 0 Å². The lowest BCUT2D eigenvalue weighted by atomic mass is 10.0. The molecule has 0 atom stereocenters. The summed E-state index contributed by atoms with van der Waals surface area (Å²) in [5.41, 5.74) is 0. The number of rotatable bonds is 7. The van der Waals surface area contributed by atoms with Crippen molar-refractivity contribution in [1.29, 1.82) is 0 Å². The van der Waals surface area contributed by atoms with Gasteiger partial charge in [-0.3, -0.25) is 4.79 Å². The maximum Gasteiger partial charge on any atom is 0.223 e. The van der Waals surface area contributed by atoms with Gasteiger partial charge in [0.1, 0.15) is 0 Å².